The number of hydrogen-bond donors (Lipinski definition) is 1. The highest BCUT2D eigenvalue weighted by Gasteiger charge is 2.14. The van der Waals surface area contributed by atoms with Gasteiger partial charge in [-0.1, -0.05) is 36.4 Å². The largest absolute Gasteiger partial charge is 0.388 e. The molecule has 0 saturated heterocycles. The molecule has 1 heteroatoms. The van der Waals surface area contributed by atoms with Crippen LogP contribution in [-0.4, -0.2) is 5.11 Å². The number of aliphatic hydroxyl groups is 1. The third-order valence-corrected chi connectivity index (χ3v) is 5.14. The lowest BCUT2D eigenvalue weighted by Gasteiger charge is -2.19. The van der Waals surface area contributed by atoms with Crippen LogP contribution in [0.25, 0.3) is 0 Å². The summed E-state index contributed by atoms with van der Waals surface area (Å²) in [7, 11) is 0. The Morgan fingerprint density at radius 1 is 0.591 bits per heavy atom. The van der Waals surface area contributed by atoms with Gasteiger partial charge in [0.05, 0.1) is 6.10 Å². The molecule has 0 aromatic heterocycles. The number of rotatable bonds is 0. The van der Waals surface area contributed by atoms with Crippen LogP contribution >= 0.6 is 0 Å². The standard InChI is InChI=1S/C21H24O/c22-21-8-7-19-10-15-3-1-5-17-12-18(14-20(21)13-17)6-2-4-16(9-15)11-19/h9-14,21-22H,1-8H2/t21-/m0/s1. The van der Waals surface area contributed by atoms with Gasteiger partial charge in [-0.25, -0.2) is 0 Å². The molecule has 0 aliphatic heterocycles. The third-order valence-electron chi connectivity index (χ3n) is 5.14. The van der Waals surface area contributed by atoms with Crippen molar-refractivity contribution in [1.82, 2.24) is 0 Å². The maximum absolute atomic E-state index is 10.6. The molecule has 0 amide bonds. The first-order valence-corrected chi connectivity index (χ1v) is 8.69. The van der Waals surface area contributed by atoms with E-state index in [1.54, 1.807) is 0 Å². The van der Waals surface area contributed by atoms with E-state index in [1.807, 2.05) is 0 Å². The van der Waals surface area contributed by atoms with Crippen molar-refractivity contribution in [1.29, 1.82) is 0 Å². The van der Waals surface area contributed by atoms with Crippen molar-refractivity contribution < 1.29 is 5.11 Å². The third kappa shape index (κ3) is 2.96. The number of aliphatic hydroxyl groups excluding tert-OH is 1. The van der Waals surface area contributed by atoms with E-state index in [-0.39, 0.29) is 6.10 Å². The normalized spacial score (nSPS) is 20.9. The minimum atomic E-state index is -0.329. The van der Waals surface area contributed by atoms with Gasteiger partial charge in [0.2, 0.25) is 0 Å². The highest BCUT2D eigenvalue weighted by Crippen LogP contribution is 2.27. The predicted octanol–water partition coefficient (Wildman–Crippen LogP) is 4.33. The molecule has 1 N–H and O–H groups in total. The maximum atomic E-state index is 10.6. The Morgan fingerprint density at radius 3 is 1.50 bits per heavy atom. The highest BCUT2D eigenvalue weighted by atomic mass is 16.3. The van der Waals surface area contributed by atoms with Crippen LogP contribution in [0.5, 0.6) is 0 Å². The van der Waals surface area contributed by atoms with Gasteiger partial charge in [-0.05, 0) is 84.7 Å². The number of fused-ring (bicyclic) bond motifs is 6. The molecule has 0 unspecified atom stereocenters. The van der Waals surface area contributed by atoms with Crippen LogP contribution in [0.2, 0.25) is 0 Å². The van der Waals surface area contributed by atoms with E-state index in [4.69, 9.17) is 0 Å². The Bertz CT molecular complexity index is 640. The molecule has 2 aromatic rings. The quantitative estimate of drug-likeness (QED) is 0.766. The Balaban J connectivity index is 1.83. The van der Waals surface area contributed by atoms with Crippen molar-refractivity contribution in [2.24, 2.45) is 0 Å². The van der Waals surface area contributed by atoms with Crippen molar-refractivity contribution in [3.63, 3.8) is 0 Å². The molecule has 22 heavy (non-hydrogen) atoms. The minimum Gasteiger partial charge on any atom is -0.388 e. The molecule has 1 nitrogen and oxygen atoms in total. The number of benzene rings is 2. The minimum absolute atomic E-state index is 0.329. The van der Waals surface area contributed by atoms with E-state index in [2.05, 4.69) is 36.4 Å². The van der Waals surface area contributed by atoms with E-state index < -0.39 is 0 Å². The molecular weight excluding hydrogens is 268 g/mol. The molecular formula is C21H24O. The SMILES string of the molecule is O[C@H]1CCc2cc3cc(c2)CCCc2cc(cc1c2)CCC3. The first-order chi connectivity index (χ1) is 10.8. The molecule has 5 rings (SSSR count). The van der Waals surface area contributed by atoms with Crippen LogP contribution in [-0.2, 0) is 32.1 Å². The smallest absolute Gasteiger partial charge is 0.0793 e. The van der Waals surface area contributed by atoms with Crippen LogP contribution in [0.4, 0.5) is 0 Å². The van der Waals surface area contributed by atoms with Gasteiger partial charge >= 0.3 is 0 Å². The lowest BCUT2D eigenvalue weighted by Crippen LogP contribution is -2.06. The molecule has 0 saturated carbocycles. The topological polar surface area (TPSA) is 20.2 Å². The molecule has 3 aliphatic rings. The molecule has 0 fully saturated rings. The van der Waals surface area contributed by atoms with Gasteiger partial charge in [-0.3, -0.25) is 0 Å². The van der Waals surface area contributed by atoms with E-state index in [1.165, 1.54) is 53.5 Å². The van der Waals surface area contributed by atoms with E-state index in [0.29, 0.717) is 0 Å². The van der Waals surface area contributed by atoms with Gasteiger partial charge in [-0.2, -0.15) is 0 Å². The molecule has 1 atom stereocenters. The van der Waals surface area contributed by atoms with Gasteiger partial charge in [-0.15, -0.1) is 0 Å². The van der Waals surface area contributed by atoms with E-state index in [0.717, 1.165) is 31.2 Å². The Labute approximate surface area is 133 Å². The van der Waals surface area contributed by atoms with Gasteiger partial charge in [0.25, 0.3) is 0 Å². The Hall–Kier alpha value is -1.60. The molecule has 6 bridgehead atoms. The molecule has 2 aromatic carbocycles. The van der Waals surface area contributed by atoms with Crippen molar-refractivity contribution in [3.05, 3.63) is 69.8 Å². The fourth-order valence-electron chi connectivity index (χ4n) is 4.01. The summed E-state index contributed by atoms with van der Waals surface area (Å²) in [6, 6.07) is 14.0. The molecule has 114 valence electrons. The monoisotopic (exact) mass is 292 g/mol. The first-order valence-electron chi connectivity index (χ1n) is 8.69. The Kier molecular flexibility index (Phi) is 3.75. The van der Waals surface area contributed by atoms with Crippen molar-refractivity contribution in [2.75, 3.05) is 0 Å². The summed E-state index contributed by atoms with van der Waals surface area (Å²) in [5, 5.41) is 10.6. The maximum Gasteiger partial charge on any atom is 0.0793 e. The van der Waals surface area contributed by atoms with E-state index in [9.17, 15) is 5.11 Å². The fraction of sp³-hybridized carbons (Fsp3) is 0.429. The summed E-state index contributed by atoms with van der Waals surface area (Å²) in [5.41, 5.74) is 8.32. The second kappa shape index (κ2) is 5.89. The summed E-state index contributed by atoms with van der Waals surface area (Å²) < 4.78 is 0. The molecule has 3 aliphatic carbocycles. The lowest BCUT2D eigenvalue weighted by molar-refractivity contribution is 0.167. The molecule has 0 spiro atoms. The van der Waals surface area contributed by atoms with E-state index >= 15 is 0 Å². The number of aryl methyl sites for hydroxylation is 5. The van der Waals surface area contributed by atoms with Crippen LogP contribution in [0, 0.1) is 0 Å². The lowest BCUT2D eigenvalue weighted by atomic mass is 9.89. The number of hydrogen-bond acceptors (Lipinski definition) is 1. The van der Waals surface area contributed by atoms with Crippen LogP contribution in [0.3, 0.4) is 0 Å². The van der Waals surface area contributed by atoms with Crippen LogP contribution in [0.15, 0.2) is 36.4 Å². The zero-order valence-electron chi connectivity index (χ0n) is 13.1. The molecule has 0 radical (unpaired) electrons. The first kappa shape index (κ1) is 14.0. The summed E-state index contributed by atoms with van der Waals surface area (Å²) in [6.07, 6.45) is 8.44. The summed E-state index contributed by atoms with van der Waals surface area (Å²) in [6.45, 7) is 0. The highest BCUT2D eigenvalue weighted by molar-refractivity contribution is 5.35. The summed E-state index contributed by atoms with van der Waals surface area (Å²) in [5.74, 6) is 0. The second-order valence-electron chi connectivity index (χ2n) is 7.00. The van der Waals surface area contributed by atoms with Crippen LogP contribution < -0.4 is 0 Å². The summed E-state index contributed by atoms with van der Waals surface area (Å²) >= 11 is 0. The average molecular weight is 292 g/mol. The van der Waals surface area contributed by atoms with Crippen LogP contribution in [0.1, 0.15) is 58.7 Å². The zero-order valence-corrected chi connectivity index (χ0v) is 13.1. The van der Waals surface area contributed by atoms with Crippen molar-refractivity contribution in [2.45, 2.75) is 57.5 Å². The van der Waals surface area contributed by atoms with Gasteiger partial charge in [0, 0.05) is 0 Å². The molecule has 0 heterocycles. The van der Waals surface area contributed by atoms with Crippen molar-refractivity contribution >= 4 is 0 Å². The average Bonchev–Trinajstić information content (AvgIpc) is 2.51. The van der Waals surface area contributed by atoms with Crippen molar-refractivity contribution in [3.8, 4) is 0 Å². The van der Waals surface area contributed by atoms with Gasteiger partial charge in [0.15, 0.2) is 0 Å². The zero-order chi connectivity index (χ0) is 14.9. The Morgan fingerprint density at radius 2 is 1.00 bits per heavy atom. The second-order valence-corrected chi connectivity index (χ2v) is 7.00. The summed E-state index contributed by atoms with van der Waals surface area (Å²) in [4.78, 5) is 0. The fourth-order valence-corrected chi connectivity index (χ4v) is 4.01. The van der Waals surface area contributed by atoms with Gasteiger partial charge in [0.1, 0.15) is 0 Å². The predicted molar refractivity (Wildman–Crippen MR) is 90.2 cm³/mol. The van der Waals surface area contributed by atoms with Gasteiger partial charge < -0.3 is 5.11 Å².